The SMILES string of the molecule is FC(F)(F)c1cccc(Cc2noc(CN3CCN(c4cnccn4)CC3)n2)c1. The van der Waals surface area contributed by atoms with Gasteiger partial charge in [-0.05, 0) is 11.6 Å². The van der Waals surface area contributed by atoms with E-state index in [0.29, 0.717) is 23.8 Å². The lowest BCUT2D eigenvalue weighted by Crippen LogP contribution is -2.46. The second kappa shape index (κ2) is 8.16. The smallest absolute Gasteiger partial charge is 0.353 e. The summed E-state index contributed by atoms with van der Waals surface area (Å²) in [6, 6.07) is 5.17. The molecule has 0 unspecified atom stereocenters. The quantitative estimate of drug-likeness (QED) is 0.648. The third kappa shape index (κ3) is 4.89. The third-order valence-electron chi connectivity index (χ3n) is 4.73. The first kappa shape index (κ1) is 19.3. The highest BCUT2D eigenvalue weighted by molar-refractivity contribution is 5.35. The zero-order valence-electron chi connectivity index (χ0n) is 15.5. The largest absolute Gasteiger partial charge is 0.416 e. The van der Waals surface area contributed by atoms with Gasteiger partial charge >= 0.3 is 6.18 Å². The molecule has 1 saturated heterocycles. The Balaban J connectivity index is 1.32. The molecule has 1 aromatic carbocycles. The first-order valence-electron chi connectivity index (χ1n) is 9.18. The van der Waals surface area contributed by atoms with Gasteiger partial charge in [0.1, 0.15) is 5.82 Å². The third-order valence-corrected chi connectivity index (χ3v) is 4.73. The van der Waals surface area contributed by atoms with Gasteiger partial charge in [-0.3, -0.25) is 9.88 Å². The van der Waals surface area contributed by atoms with E-state index in [2.05, 4.69) is 29.9 Å². The Morgan fingerprint density at radius 1 is 1.07 bits per heavy atom. The normalized spacial score (nSPS) is 15.6. The van der Waals surface area contributed by atoms with E-state index in [0.717, 1.165) is 44.1 Å². The molecule has 29 heavy (non-hydrogen) atoms. The van der Waals surface area contributed by atoms with E-state index >= 15 is 0 Å². The Morgan fingerprint density at radius 2 is 1.90 bits per heavy atom. The maximum absolute atomic E-state index is 12.8. The molecule has 152 valence electrons. The van der Waals surface area contributed by atoms with Gasteiger partial charge in [0.25, 0.3) is 0 Å². The van der Waals surface area contributed by atoms with Crippen LogP contribution < -0.4 is 4.90 Å². The summed E-state index contributed by atoms with van der Waals surface area (Å²) in [6.45, 7) is 3.74. The summed E-state index contributed by atoms with van der Waals surface area (Å²) in [7, 11) is 0. The van der Waals surface area contributed by atoms with Crippen LogP contribution in [0.1, 0.15) is 22.8 Å². The molecule has 0 N–H and O–H groups in total. The summed E-state index contributed by atoms with van der Waals surface area (Å²) in [6.07, 6.45) is 0.881. The number of alkyl halides is 3. The minimum absolute atomic E-state index is 0.188. The van der Waals surface area contributed by atoms with Gasteiger partial charge in [0.2, 0.25) is 5.89 Å². The molecule has 10 heteroatoms. The van der Waals surface area contributed by atoms with Crippen molar-refractivity contribution in [1.29, 1.82) is 0 Å². The number of anilines is 1. The molecule has 3 aromatic rings. The fourth-order valence-electron chi connectivity index (χ4n) is 3.25. The Labute approximate surface area is 165 Å². The van der Waals surface area contributed by atoms with Crippen LogP contribution in [0.2, 0.25) is 0 Å². The molecular formula is C19H19F3N6O. The minimum atomic E-state index is -4.37. The molecule has 1 aliphatic rings. The molecule has 0 atom stereocenters. The maximum Gasteiger partial charge on any atom is 0.416 e. The number of halogens is 3. The average molecular weight is 404 g/mol. The Bertz CT molecular complexity index is 938. The lowest BCUT2D eigenvalue weighted by atomic mass is 10.1. The van der Waals surface area contributed by atoms with Crippen LogP contribution >= 0.6 is 0 Å². The molecule has 0 aliphatic carbocycles. The summed E-state index contributed by atoms with van der Waals surface area (Å²) in [4.78, 5) is 17.1. The van der Waals surface area contributed by atoms with Crippen LogP contribution in [-0.4, -0.2) is 51.2 Å². The lowest BCUT2D eigenvalue weighted by molar-refractivity contribution is -0.137. The highest BCUT2D eigenvalue weighted by atomic mass is 19.4. The van der Waals surface area contributed by atoms with Crippen molar-refractivity contribution in [3.05, 3.63) is 65.7 Å². The number of piperazine rings is 1. The van der Waals surface area contributed by atoms with Crippen LogP contribution in [0.5, 0.6) is 0 Å². The number of hydrogen-bond donors (Lipinski definition) is 0. The Morgan fingerprint density at radius 3 is 2.62 bits per heavy atom. The van der Waals surface area contributed by atoms with Crippen molar-refractivity contribution in [3.63, 3.8) is 0 Å². The molecule has 0 amide bonds. The van der Waals surface area contributed by atoms with Crippen molar-refractivity contribution in [1.82, 2.24) is 25.0 Å². The van der Waals surface area contributed by atoms with Crippen molar-refractivity contribution >= 4 is 5.82 Å². The fourth-order valence-corrected chi connectivity index (χ4v) is 3.25. The van der Waals surface area contributed by atoms with Gasteiger partial charge in [-0.15, -0.1) is 0 Å². The first-order valence-corrected chi connectivity index (χ1v) is 9.18. The molecule has 7 nitrogen and oxygen atoms in total. The van der Waals surface area contributed by atoms with Gasteiger partial charge in [0.05, 0.1) is 18.3 Å². The minimum Gasteiger partial charge on any atom is -0.353 e. The first-order chi connectivity index (χ1) is 14.0. The van der Waals surface area contributed by atoms with Gasteiger partial charge in [-0.25, -0.2) is 4.98 Å². The molecule has 2 aromatic heterocycles. The molecular weight excluding hydrogens is 385 g/mol. The zero-order valence-corrected chi connectivity index (χ0v) is 15.5. The summed E-state index contributed by atoms with van der Waals surface area (Å²) in [5, 5.41) is 3.91. The van der Waals surface area contributed by atoms with E-state index < -0.39 is 11.7 Å². The van der Waals surface area contributed by atoms with Crippen LogP contribution in [-0.2, 0) is 19.1 Å². The fraction of sp³-hybridized carbons (Fsp3) is 0.368. The molecule has 3 heterocycles. The number of rotatable bonds is 5. The molecule has 0 bridgehead atoms. The average Bonchev–Trinajstić information content (AvgIpc) is 3.15. The zero-order chi connectivity index (χ0) is 20.3. The van der Waals surface area contributed by atoms with E-state index in [1.54, 1.807) is 24.7 Å². The second-order valence-electron chi connectivity index (χ2n) is 6.81. The van der Waals surface area contributed by atoms with Gasteiger partial charge in [-0.1, -0.05) is 23.4 Å². The molecule has 1 aliphatic heterocycles. The maximum atomic E-state index is 12.8. The highest BCUT2D eigenvalue weighted by Gasteiger charge is 2.30. The summed E-state index contributed by atoms with van der Waals surface area (Å²) < 4.78 is 43.8. The molecule has 0 saturated carbocycles. The van der Waals surface area contributed by atoms with Crippen molar-refractivity contribution in [2.45, 2.75) is 19.1 Å². The highest BCUT2D eigenvalue weighted by Crippen LogP contribution is 2.29. The molecule has 1 fully saturated rings. The van der Waals surface area contributed by atoms with E-state index in [1.165, 1.54) is 6.07 Å². The van der Waals surface area contributed by atoms with Gasteiger partial charge in [0.15, 0.2) is 5.82 Å². The van der Waals surface area contributed by atoms with Crippen LogP contribution in [0.4, 0.5) is 19.0 Å². The van der Waals surface area contributed by atoms with Crippen molar-refractivity contribution in [3.8, 4) is 0 Å². The number of benzene rings is 1. The van der Waals surface area contributed by atoms with Gasteiger partial charge in [-0.2, -0.15) is 18.2 Å². The van der Waals surface area contributed by atoms with E-state index in [1.807, 2.05) is 0 Å². The number of aromatic nitrogens is 4. The van der Waals surface area contributed by atoms with E-state index in [-0.39, 0.29) is 6.42 Å². The van der Waals surface area contributed by atoms with E-state index in [9.17, 15) is 13.2 Å². The molecule has 0 spiro atoms. The standard InChI is InChI=1S/C19H19F3N6O/c20-19(21,22)15-3-1-2-14(10-15)11-16-25-18(29-26-16)13-27-6-8-28(9-7-27)17-12-23-4-5-24-17/h1-5,10,12H,6-9,11,13H2. The van der Waals surface area contributed by atoms with Gasteiger partial charge < -0.3 is 9.42 Å². The Hall–Kier alpha value is -3.01. The van der Waals surface area contributed by atoms with E-state index in [4.69, 9.17) is 4.52 Å². The van der Waals surface area contributed by atoms with Crippen LogP contribution in [0.3, 0.4) is 0 Å². The summed E-state index contributed by atoms with van der Waals surface area (Å²) >= 11 is 0. The van der Waals surface area contributed by atoms with Gasteiger partial charge in [0, 0.05) is 45.0 Å². The molecule has 0 radical (unpaired) electrons. The predicted molar refractivity (Wildman–Crippen MR) is 98.1 cm³/mol. The lowest BCUT2D eigenvalue weighted by Gasteiger charge is -2.34. The Kier molecular flexibility index (Phi) is 5.43. The van der Waals surface area contributed by atoms with Crippen LogP contribution in [0.15, 0.2) is 47.4 Å². The number of hydrogen-bond acceptors (Lipinski definition) is 7. The molecule has 4 rings (SSSR count). The van der Waals surface area contributed by atoms with Crippen molar-refractivity contribution in [2.75, 3.05) is 31.1 Å². The summed E-state index contributed by atoms with van der Waals surface area (Å²) in [5.74, 6) is 1.69. The predicted octanol–water partition coefficient (Wildman–Crippen LogP) is 2.79. The van der Waals surface area contributed by atoms with Crippen molar-refractivity contribution in [2.24, 2.45) is 0 Å². The second-order valence-corrected chi connectivity index (χ2v) is 6.81. The summed E-state index contributed by atoms with van der Waals surface area (Å²) in [5.41, 5.74) is -0.190. The van der Waals surface area contributed by atoms with Crippen molar-refractivity contribution < 1.29 is 17.7 Å². The topological polar surface area (TPSA) is 71.2 Å². The van der Waals surface area contributed by atoms with Crippen LogP contribution in [0, 0.1) is 0 Å². The monoisotopic (exact) mass is 404 g/mol. The van der Waals surface area contributed by atoms with Crippen LogP contribution in [0.25, 0.3) is 0 Å². The number of nitrogens with zero attached hydrogens (tertiary/aromatic N) is 6.